The first-order valence-corrected chi connectivity index (χ1v) is 8.21. The quantitative estimate of drug-likeness (QED) is 0.497. The van der Waals surface area contributed by atoms with Gasteiger partial charge in [-0.3, -0.25) is 20.2 Å². The van der Waals surface area contributed by atoms with Crippen LogP contribution in [0.4, 0.5) is 17.1 Å². The second-order valence-electron chi connectivity index (χ2n) is 5.49. The van der Waals surface area contributed by atoms with Crippen molar-refractivity contribution < 1.29 is 9.85 Å². The van der Waals surface area contributed by atoms with Gasteiger partial charge in [-0.15, -0.1) is 11.3 Å². The number of non-ortho nitro benzene ring substituents is 1. The Bertz CT molecular complexity index is 939. The SMILES string of the molecule is C[C@H](c1nc2ccccc2s1)N(C)c1ccc([N+](=O)[O-])cc1[N+](=O)[O-]. The Labute approximate surface area is 146 Å². The van der Waals surface area contributed by atoms with E-state index >= 15 is 0 Å². The van der Waals surface area contributed by atoms with Crippen LogP contribution in [0.2, 0.25) is 0 Å². The van der Waals surface area contributed by atoms with Crippen LogP contribution in [0, 0.1) is 20.2 Å². The van der Waals surface area contributed by atoms with Crippen molar-refractivity contribution in [3.05, 3.63) is 67.7 Å². The summed E-state index contributed by atoms with van der Waals surface area (Å²) in [7, 11) is 1.71. The van der Waals surface area contributed by atoms with Gasteiger partial charge in [-0.05, 0) is 25.1 Å². The van der Waals surface area contributed by atoms with E-state index in [4.69, 9.17) is 0 Å². The minimum atomic E-state index is -0.645. The molecule has 1 atom stereocenters. The summed E-state index contributed by atoms with van der Waals surface area (Å²) in [6.45, 7) is 1.89. The van der Waals surface area contributed by atoms with E-state index < -0.39 is 9.85 Å². The van der Waals surface area contributed by atoms with Crippen LogP contribution in [0.5, 0.6) is 0 Å². The van der Waals surface area contributed by atoms with Gasteiger partial charge in [0.2, 0.25) is 0 Å². The van der Waals surface area contributed by atoms with Gasteiger partial charge in [0.05, 0.1) is 32.2 Å². The zero-order valence-corrected chi connectivity index (χ0v) is 14.3. The molecule has 0 aliphatic rings. The molecule has 1 aromatic heterocycles. The number of rotatable bonds is 5. The number of nitrogens with zero attached hydrogens (tertiary/aromatic N) is 4. The second-order valence-corrected chi connectivity index (χ2v) is 6.56. The molecule has 0 saturated carbocycles. The molecule has 9 heteroatoms. The van der Waals surface area contributed by atoms with Crippen LogP contribution in [0.3, 0.4) is 0 Å². The highest BCUT2D eigenvalue weighted by Crippen LogP contribution is 2.37. The summed E-state index contributed by atoms with van der Waals surface area (Å²) < 4.78 is 1.04. The van der Waals surface area contributed by atoms with Crippen molar-refractivity contribution in [2.75, 3.05) is 11.9 Å². The van der Waals surface area contributed by atoms with E-state index in [1.807, 2.05) is 31.2 Å². The van der Waals surface area contributed by atoms with Gasteiger partial charge in [0, 0.05) is 13.1 Å². The van der Waals surface area contributed by atoms with Crippen molar-refractivity contribution in [3.8, 4) is 0 Å². The number of anilines is 1. The third kappa shape index (κ3) is 3.13. The van der Waals surface area contributed by atoms with Crippen LogP contribution in [0.25, 0.3) is 10.2 Å². The summed E-state index contributed by atoms with van der Waals surface area (Å²) in [5, 5.41) is 23.0. The summed E-state index contributed by atoms with van der Waals surface area (Å²) >= 11 is 1.52. The summed E-state index contributed by atoms with van der Waals surface area (Å²) in [6, 6.07) is 11.1. The van der Waals surface area contributed by atoms with E-state index in [0.29, 0.717) is 5.69 Å². The topological polar surface area (TPSA) is 102 Å². The predicted molar refractivity (Wildman–Crippen MR) is 96.2 cm³/mol. The molecule has 0 unspecified atom stereocenters. The Kier molecular flexibility index (Phi) is 4.32. The highest BCUT2D eigenvalue weighted by molar-refractivity contribution is 7.18. The van der Waals surface area contributed by atoms with Crippen LogP contribution in [0.15, 0.2) is 42.5 Å². The lowest BCUT2D eigenvalue weighted by Crippen LogP contribution is -2.22. The molecule has 0 bridgehead atoms. The number of nitro groups is 2. The van der Waals surface area contributed by atoms with E-state index in [9.17, 15) is 20.2 Å². The number of thiazole rings is 1. The molecule has 2 aromatic carbocycles. The number of benzene rings is 2. The van der Waals surface area contributed by atoms with Crippen molar-refractivity contribution >= 4 is 38.6 Å². The second kappa shape index (κ2) is 6.44. The standard InChI is InChI=1S/C16H14N4O4S/c1-10(16-17-12-5-3-4-6-15(12)25-16)18(2)13-8-7-11(19(21)22)9-14(13)20(23)24/h3-10H,1-2H3/t10-/m1/s1. The Morgan fingerprint density at radius 2 is 1.84 bits per heavy atom. The highest BCUT2D eigenvalue weighted by atomic mass is 32.1. The van der Waals surface area contributed by atoms with E-state index in [1.54, 1.807) is 11.9 Å². The number of aromatic nitrogens is 1. The van der Waals surface area contributed by atoms with Crippen LogP contribution >= 0.6 is 11.3 Å². The minimum Gasteiger partial charge on any atom is -0.360 e. The summed E-state index contributed by atoms with van der Waals surface area (Å²) in [5.74, 6) is 0. The van der Waals surface area contributed by atoms with Crippen LogP contribution in [0.1, 0.15) is 18.0 Å². The summed E-state index contributed by atoms with van der Waals surface area (Å²) in [5.41, 5.74) is 0.574. The third-order valence-corrected chi connectivity index (χ3v) is 5.20. The van der Waals surface area contributed by atoms with Crippen LogP contribution < -0.4 is 4.90 Å². The lowest BCUT2D eigenvalue weighted by molar-refractivity contribution is -0.393. The highest BCUT2D eigenvalue weighted by Gasteiger charge is 2.26. The molecule has 0 N–H and O–H groups in total. The maximum atomic E-state index is 11.3. The minimum absolute atomic E-state index is 0.224. The molecular weight excluding hydrogens is 344 g/mol. The lowest BCUT2D eigenvalue weighted by atomic mass is 10.2. The first-order chi connectivity index (χ1) is 11.9. The van der Waals surface area contributed by atoms with E-state index in [0.717, 1.165) is 21.3 Å². The maximum Gasteiger partial charge on any atom is 0.299 e. The maximum absolute atomic E-state index is 11.3. The molecule has 1 heterocycles. The monoisotopic (exact) mass is 358 g/mol. The molecule has 0 aliphatic carbocycles. The van der Waals surface area contributed by atoms with Gasteiger partial charge in [0.15, 0.2) is 0 Å². The summed E-state index contributed by atoms with van der Waals surface area (Å²) in [6.07, 6.45) is 0. The molecule has 8 nitrogen and oxygen atoms in total. The van der Waals surface area contributed by atoms with Gasteiger partial charge in [-0.25, -0.2) is 4.98 Å². The number of hydrogen-bond acceptors (Lipinski definition) is 7. The van der Waals surface area contributed by atoms with E-state index in [1.165, 1.54) is 23.5 Å². The van der Waals surface area contributed by atoms with Crippen LogP contribution in [-0.2, 0) is 0 Å². The number of fused-ring (bicyclic) bond motifs is 1. The van der Waals surface area contributed by atoms with Crippen LogP contribution in [-0.4, -0.2) is 21.9 Å². The van der Waals surface area contributed by atoms with Crippen molar-refractivity contribution in [2.24, 2.45) is 0 Å². The molecular formula is C16H14N4O4S. The van der Waals surface area contributed by atoms with Crippen molar-refractivity contribution in [1.29, 1.82) is 0 Å². The predicted octanol–water partition coefficient (Wildman–Crippen LogP) is 4.31. The van der Waals surface area contributed by atoms with Gasteiger partial charge >= 0.3 is 0 Å². The Balaban J connectivity index is 2.00. The molecule has 0 fully saturated rings. The number of nitro benzene ring substituents is 2. The molecule has 0 radical (unpaired) electrons. The van der Waals surface area contributed by atoms with Gasteiger partial charge in [0.25, 0.3) is 11.4 Å². The van der Waals surface area contributed by atoms with E-state index in [-0.39, 0.29) is 17.4 Å². The largest absolute Gasteiger partial charge is 0.360 e. The van der Waals surface area contributed by atoms with Gasteiger partial charge in [0.1, 0.15) is 10.7 Å². The molecule has 3 rings (SSSR count). The normalized spacial score (nSPS) is 12.1. The third-order valence-electron chi connectivity index (χ3n) is 4.00. The molecule has 25 heavy (non-hydrogen) atoms. The molecule has 0 amide bonds. The van der Waals surface area contributed by atoms with Gasteiger partial charge < -0.3 is 4.90 Å². The van der Waals surface area contributed by atoms with Crippen molar-refractivity contribution in [3.63, 3.8) is 0 Å². The smallest absolute Gasteiger partial charge is 0.299 e. The molecule has 128 valence electrons. The fraction of sp³-hybridized carbons (Fsp3) is 0.188. The molecule has 0 saturated heterocycles. The van der Waals surface area contributed by atoms with E-state index in [2.05, 4.69) is 4.98 Å². The Morgan fingerprint density at radius 3 is 2.48 bits per heavy atom. The molecule has 0 spiro atoms. The molecule has 0 aliphatic heterocycles. The molecule has 3 aromatic rings. The average molecular weight is 358 g/mol. The van der Waals surface area contributed by atoms with Gasteiger partial charge in [-0.1, -0.05) is 12.1 Å². The zero-order valence-electron chi connectivity index (χ0n) is 13.4. The van der Waals surface area contributed by atoms with Crippen molar-refractivity contribution in [2.45, 2.75) is 13.0 Å². The Hall–Kier alpha value is -3.07. The number of hydrogen-bond donors (Lipinski definition) is 0. The van der Waals surface area contributed by atoms with Crippen molar-refractivity contribution in [1.82, 2.24) is 4.98 Å². The average Bonchev–Trinajstić information content (AvgIpc) is 3.03. The first-order valence-electron chi connectivity index (χ1n) is 7.39. The fourth-order valence-corrected chi connectivity index (χ4v) is 3.58. The first kappa shape index (κ1) is 16.8. The Morgan fingerprint density at radius 1 is 1.12 bits per heavy atom. The number of para-hydroxylation sites is 1. The zero-order chi connectivity index (χ0) is 18.1. The lowest BCUT2D eigenvalue weighted by Gasteiger charge is -2.24. The van der Waals surface area contributed by atoms with Gasteiger partial charge in [-0.2, -0.15) is 0 Å². The summed E-state index contributed by atoms with van der Waals surface area (Å²) in [4.78, 5) is 27.3. The fourth-order valence-electron chi connectivity index (χ4n) is 2.51.